The normalized spacial score (nSPS) is 15.1. The molecule has 0 radical (unpaired) electrons. The first-order valence-electron chi connectivity index (χ1n) is 11.7. The van der Waals surface area contributed by atoms with Crippen LogP contribution in [0.2, 0.25) is 0 Å². The molecule has 0 aliphatic rings. The fourth-order valence-electron chi connectivity index (χ4n) is 3.09. The number of carbonyl (C=O) groups excluding carboxylic acids is 3. The third kappa shape index (κ3) is 13.2. The summed E-state index contributed by atoms with van der Waals surface area (Å²) in [6, 6.07) is -4.06. The van der Waals surface area contributed by atoms with Crippen LogP contribution < -0.4 is 38.9 Å². The van der Waals surface area contributed by atoms with Gasteiger partial charge >= 0.3 is 5.97 Å². The molecule has 0 spiro atoms. The van der Waals surface area contributed by atoms with E-state index in [2.05, 4.69) is 33.6 Å². The number of hydrogen-bond donors (Lipinski definition) is 9. The van der Waals surface area contributed by atoms with Crippen molar-refractivity contribution in [3.8, 4) is 0 Å². The van der Waals surface area contributed by atoms with Crippen LogP contribution in [-0.4, -0.2) is 77.8 Å². The Morgan fingerprint density at radius 2 is 1.57 bits per heavy atom. The molecule has 5 atom stereocenters. The minimum Gasteiger partial charge on any atom is -0.480 e. The number of carboxylic acid groups (broad SMARTS) is 1. The molecule has 0 rings (SSSR count). The molecule has 0 aromatic rings. The number of carboxylic acids is 1. The average molecular weight is 519 g/mol. The van der Waals surface area contributed by atoms with Crippen molar-refractivity contribution in [2.75, 3.05) is 18.8 Å². The first-order valence-corrected chi connectivity index (χ1v) is 12.4. The standard InChI is InChI=1S/C21H42N8O5S/c1-3-12(2)16(29-17(30)13(23)7-4-5-9-22)19(32)27-14(8-6-10-26-21(24)25)18(31)28-15(11-35)20(33)34/h12-16,35H,3-11,22-23H2,1-2H3,(H,27,32)(H,28,31)(H,29,30)(H,33,34)(H4,24,25,26). The number of aliphatic imine (C=N–C) groups is 1. The molecule has 13 nitrogen and oxygen atoms in total. The molecule has 202 valence electrons. The molecule has 35 heavy (non-hydrogen) atoms. The van der Waals surface area contributed by atoms with Crippen LogP contribution >= 0.6 is 12.6 Å². The zero-order chi connectivity index (χ0) is 27.0. The molecule has 0 aromatic carbocycles. The van der Waals surface area contributed by atoms with Gasteiger partial charge in [-0.05, 0) is 38.1 Å². The highest BCUT2D eigenvalue weighted by Gasteiger charge is 2.32. The first-order chi connectivity index (χ1) is 16.5. The number of hydrogen-bond acceptors (Lipinski definition) is 8. The molecule has 0 bridgehead atoms. The Balaban J connectivity index is 5.50. The fourth-order valence-corrected chi connectivity index (χ4v) is 3.34. The van der Waals surface area contributed by atoms with Crippen molar-refractivity contribution < 1.29 is 24.3 Å². The van der Waals surface area contributed by atoms with Crippen molar-refractivity contribution in [3.63, 3.8) is 0 Å². The van der Waals surface area contributed by atoms with Crippen LogP contribution in [0.5, 0.6) is 0 Å². The molecular weight excluding hydrogens is 476 g/mol. The maximum absolute atomic E-state index is 13.1. The summed E-state index contributed by atoms with van der Waals surface area (Å²) in [5, 5.41) is 16.9. The number of rotatable bonds is 18. The quantitative estimate of drug-likeness (QED) is 0.0421. The summed E-state index contributed by atoms with van der Waals surface area (Å²) in [5.74, 6) is -3.52. The van der Waals surface area contributed by atoms with Gasteiger partial charge in [-0.1, -0.05) is 26.7 Å². The molecule has 0 aliphatic carbocycles. The molecule has 3 amide bonds. The van der Waals surface area contributed by atoms with Gasteiger partial charge in [0.1, 0.15) is 18.1 Å². The minimum atomic E-state index is -1.26. The lowest BCUT2D eigenvalue weighted by molar-refractivity contribution is -0.141. The van der Waals surface area contributed by atoms with E-state index in [1.807, 2.05) is 6.92 Å². The summed E-state index contributed by atoms with van der Waals surface area (Å²) in [4.78, 5) is 53.7. The maximum atomic E-state index is 13.1. The average Bonchev–Trinajstić information content (AvgIpc) is 2.81. The Labute approximate surface area is 212 Å². The van der Waals surface area contributed by atoms with Crippen LogP contribution in [0.3, 0.4) is 0 Å². The van der Waals surface area contributed by atoms with Crippen molar-refractivity contribution in [1.82, 2.24) is 16.0 Å². The van der Waals surface area contributed by atoms with Gasteiger partial charge < -0.3 is 44.0 Å². The number of thiol groups is 1. The molecule has 0 saturated heterocycles. The van der Waals surface area contributed by atoms with Gasteiger partial charge in [0.25, 0.3) is 0 Å². The highest BCUT2D eigenvalue weighted by atomic mass is 32.1. The van der Waals surface area contributed by atoms with Gasteiger partial charge in [-0.2, -0.15) is 12.6 Å². The van der Waals surface area contributed by atoms with Gasteiger partial charge in [-0.25, -0.2) is 4.79 Å². The Morgan fingerprint density at radius 3 is 2.09 bits per heavy atom. The molecule has 5 unspecified atom stereocenters. The summed E-state index contributed by atoms with van der Waals surface area (Å²) in [7, 11) is 0. The van der Waals surface area contributed by atoms with Crippen molar-refractivity contribution in [2.24, 2.45) is 33.8 Å². The van der Waals surface area contributed by atoms with Crippen LogP contribution in [-0.2, 0) is 19.2 Å². The zero-order valence-corrected chi connectivity index (χ0v) is 21.4. The van der Waals surface area contributed by atoms with Gasteiger partial charge in [0.2, 0.25) is 17.7 Å². The second-order valence-electron chi connectivity index (χ2n) is 8.35. The van der Waals surface area contributed by atoms with Crippen molar-refractivity contribution in [2.45, 2.75) is 76.5 Å². The topological polar surface area (TPSA) is 241 Å². The minimum absolute atomic E-state index is 0.113. The van der Waals surface area contributed by atoms with Gasteiger partial charge in [0, 0.05) is 12.3 Å². The Kier molecular flexibility index (Phi) is 16.5. The lowest BCUT2D eigenvalue weighted by Crippen LogP contribution is -2.58. The summed E-state index contributed by atoms with van der Waals surface area (Å²) < 4.78 is 0. The van der Waals surface area contributed by atoms with E-state index in [9.17, 15) is 24.3 Å². The highest BCUT2D eigenvalue weighted by molar-refractivity contribution is 7.80. The van der Waals surface area contributed by atoms with E-state index in [-0.39, 0.29) is 30.6 Å². The molecule has 0 heterocycles. The number of nitrogens with one attached hydrogen (secondary N) is 3. The van der Waals surface area contributed by atoms with Crippen LogP contribution in [0.1, 0.15) is 52.4 Å². The van der Waals surface area contributed by atoms with Crippen LogP contribution in [0, 0.1) is 5.92 Å². The second-order valence-corrected chi connectivity index (χ2v) is 8.72. The summed E-state index contributed by atoms with van der Waals surface area (Å²) in [6.07, 6.45) is 2.88. The van der Waals surface area contributed by atoms with Gasteiger partial charge in [-0.15, -0.1) is 0 Å². The Hall–Kier alpha value is -2.58. The van der Waals surface area contributed by atoms with E-state index in [0.29, 0.717) is 32.2 Å². The number of carbonyl (C=O) groups is 4. The van der Waals surface area contributed by atoms with Gasteiger partial charge in [-0.3, -0.25) is 19.4 Å². The van der Waals surface area contributed by atoms with Crippen molar-refractivity contribution in [1.29, 1.82) is 0 Å². The van der Waals surface area contributed by atoms with Crippen molar-refractivity contribution in [3.05, 3.63) is 0 Å². The number of nitrogens with zero attached hydrogens (tertiary/aromatic N) is 1. The predicted octanol–water partition coefficient (Wildman–Crippen LogP) is -1.99. The van der Waals surface area contributed by atoms with E-state index in [4.69, 9.17) is 22.9 Å². The molecule has 0 saturated carbocycles. The van der Waals surface area contributed by atoms with E-state index in [1.165, 1.54) is 0 Å². The Morgan fingerprint density at radius 1 is 0.943 bits per heavy atom. The van der Waals surface area contributed by atoms with E-state index < -0.39 is 47.9 Å². The number of nitrogens with two attached hydrogens (primary N) is 4. The summed E-state index contributed by atoms with van der Waals surface area (Å²) in [6.45, 7) is 4.36. The Bertz CT molecular complexity index is 720. The number of guanidine groups is 1. The lowest BCUT2D eigenvalue weighted by Gasteiger charge is -2.28. The van der Waals surface area contributed by atoms with Crippen LogP contribution in [0.25, 0.3) is 0 Å². The largest absolute Gasteiger partial charge is 0.480 e. The van der Waals surface area contributed by atoms with Crippen LogP contribution in [0.4, 0.5) is 0 Å². The predicted molar refractivity (Wildman–Crippen MR) is 138 cm³/mol. The van der Waals surface area contributed by atoms with Crippen molar-refractivity contribution >= 4 is 42.3 Å². The third-order valence-electron chi connectivity index (χ3n) is 5.47. The monoisotopic (exact) mass is 518 g/mol. The first kappa shape index (κ1) is 32.4. The van der Waals surface area contributed by atoms with Gasteiger partial charge in [0.05, 0.1) is 6.04 Å². The number of unbranched alkanes of at least 4 members (excludes halogenated alkanes) is 1. The lowest BCUT2D eigenvalue weighted by atomic mass is 9.96. The zero-order valence-electron chi connectivity index (χ0n) is 20.5. The molecular formula is C21H42N8O5S. The van der Waals surface area contributed by atoms with E-state index >= 15 is 0 Å². The SMILES string of the molecule is CCC(C)C(NC(=O)C(N)CCCCN)C(=O)NC(CCCN=C(N)N)C(=O)NC(CS)C(=O)O. The molecule has 0 fully saturated rings. The second kappa shape index (κ2) is 17.8. The molecule has 0 aromatic heterocycles. The number of aliphatic carboxylic acids is 1. The smallest absolute Gasteiger partial charge is 0.327 e. The fraction of sp³-hybridized carbons (Fsp3) is 0.762. The molecule has 0 aliphatic heterocycles. The van der Waals surface area contributed by atoms with Crippen LogP contribution in [0.15, 0.2) is 4.99 Å². The number of amides is 3. The van der Waals surface area contributed by atoms with E-state index in [0.717, 1.165) is 6.42 Å². The van der Waals surface area contributed by atoms with E-state index in [1.54, 1.807) is 6.92 Å². The molecule has 14 heteroatoms. The molecule has 12 N–H and O–H groups in total. The summed E-state index contributed by atoms with van der Waals surface area (Å²) >= 11 is 3.94. The summed E-state index contributed by atoms with van der Waals surface area (Å²) in [5.41, 5.74) is 22.1. The highest BCUT2D eigenvalue weighted by Crippen LogP contribution is 2.11. The third-order valence-corrected chi connectivity index (χ3v) is 5.84. The maximum Gasteiger partial charge on any atom is 0.327 e. The van der Waals surface area contributed by atoms with Gasteiger partial charge in [0.15, 0.2) is 5.96 Å².